The molecule has 2 aromatic carbocycles. The lowest BCUT2D eigenvalue weighted by atomic mass is 10.0. The molecular formula is C23H24Cl2N2O3S2. The number of benzene rings is 2. The third kappa shape index (κ3) is 3.94. The molecule has 1 saturated heterocycles. The van der Waals surface area contributed by atoms with Crippen LogP contribution in [0.3, 0.4) is 0 Å². The number of hydrogen-bond acceptors (Lipinski definition) is 4. The highest BCUT2D eigenvalue weighted by Crippen LogP contribution is 2.37. The van der Waals surface area contributed by atoms with Crippen molar-refractivity contribution in [2.45, 2.75) is 32.6 Å². The summed E-state index contributed by atoms with van der Waals surface area (Å²) in [5, 5.41) is 1.81. The number of rotatable bonds is 3. The van der Waals surface area contributed by atoms with Crippen molar-refractivity contribution in [1.82, 2.24) is 9.21 Å². The number of amides is 1. The Balaban J connectivity index is 1.56. The third-order valence-electron chi connectivity index (χ3n) is 6.21. The second-order valence-corrected chi connectivity index (χ2v) is 11.9. The minimum absolute atomic E-state index is 0.178. The van der Waals surface area contributed by atoms with Crippen LogP contribution in [0, 0.1) is 27.7 Å². The predicted molar refractivity (Wildman–Crippen MR) is 132 cm³/mol. The number of carbonyl (C=O) groups is 1. The molecule has 1 fully saturated rings. The normalized spacial score (nSPS) is 15.5. The molecule has 0 atom stereocenters. The summed E-state index contributed by atoms with van der Waals surface area (Å²) in [6, 6.07) is 7.37. The van der Waals surface area contributed by atoms with Gasteiger partial charge < -0.3 is 4.90 Å². The van der Waals surface area contributed by atoms with E-state index in [9.17, 15) is 13.2 Å². The molecule has 0 aliphatic carbocycles. The Kier molecular flexibility index (Phi) is 6.33. The van der Waals surface area contributed by atoms with Crippen molar-refractivity contribution in [1.29, 1.82) is 0 Å². The van der Waals surface area contributed by atoms with Crippen LogP contribution in [0.4, 0.5) is 0 Å². The number of fused-ring (bicyclic) bond motifs is 1. The van der Waals surface area contributed by atoms with Crippen LogP contribution in [-0.4, -0.2) is 49.7 Å². The van der Waals surface area contributed by atoms with Crippen LogP contribution in [0.5, 0.6) is 0 Å². The van der Waals surface area contributed by atoms with Crippen LogP contribution in [0.1, 0.15) is 31.9 Å². The van der Waals surface area contributed by atoms with E-state index in [2.05, 4.69) is 0 Å². The second kappa shape index (κ2) is 8.61. The van der Waals surface area contributed by atoms with Crippen molar-refractivity contribution < 1.29 is 13.2 Å². The van der Waals surface area contributed by atoms with E-state index in [1.54, 1.807) is 17.0 Å². The summed E-state index contributed by atoms with van der Waals surface area (Å²) >= 11 is 13.9. The zero-order valence-electron chi connectivity index (χ0n) is 18.3. The first kappa shape index (κ1) is 23.5. The Morgan fingerprint density at radius 2 is 1.53 bits per heavy atom. The van der Waals surface area contributed by atoms with Crippen molar-refractivity contribution in [2.24, 2.45) is 0 Å². The van der Waals surface area contributed by atoms with Crippen molar-refractivity contribution in [3.05, 3.63) is 61.4 Å². The van der Waals surface area contributed by atoms with Crippen molar-refractivity contribution in [3.63, 3.8) is 0 Å². The number of halogens is 2. The lowest BCUT2D eigenvalue weighted by molar-refractivity contribution is 0.0703. The highest BCUT2D eigenvalue weighted by atomic mass is 35.5. The summed E-state index contributed by atoms with van der Waals surface area (Å²) in [5.41, 5.74) is 3.48. The maximum atomic E-state index is 13.5. The maximum Gasteiger partial charge on any atom is 0.265 e. The predicted octanol–water partition coefficient (Wildman–Crippen LogP) is 5.59. The standard InChI is InChI=1S/C23H24Cl2N2O3S2/c1-13-11-14(2)16(4)22(15(13)3)32(29,30)27-9-7-26(8-10-27)23(28)21-20(25)18-6-5-17(24)12-19(18)31-21/h5-6,11-12H,7-10H2,1-4H3. The molecule has 1 aromatic heterocycles. The number of piperazine rings is 1. The molecule has 5 nitrogen and oxygen atoms in total. The fraction of sp³-hybridized carbons (Fsp3) is 0.348. The molecule has 2 heterocycles. The molecule has 4 rings (SSSR count). The Labute approximate surface area is 202 Å². The minimum atomic E-state index is -3.66. The number of aryl methyl sites for hydroxylation is 2. The first-order valence-corrected chi connectivity index (χ1v) is 13.3. The monoisotopic (exact) mass is 510 g/mol. The molecule has 170 valence electrons. The van der Waals surface area contributed by atoms with Gasteiger partial charge in [0.05, 0.1) is 9.92 Å². The highest BCUT2D eigenvalue weighted by molar-refractivity contribution is 7.89. The summed E-state index contributed by atoms with van der Waals surface area (Å²) in [4.78, 5) is 15.7. The molecule has 0 spiro atoms. The number of carbonyl (C=O) groups excluding carboxylic acids is 1. The molecule has 0 radical (unpaired) electrons. The summed E-state index contributed by atoms with van der Waals surface area (Å²) in [7, 11) is -3.66. The number of nitrogens with zero attached hydrogens (tertiary/aromatic N) is 2. The van der Waals surface area contributed by atoms with Gasteiger partial charge in [-0.05, 0) is 62.1 Å². The van der Waals surface area contributed by atoms with Gasteiger partial charge in [-0.3, -0.25) is 4.79 Å². The van der Waals surface area contributed by atoms with Crippen molar-refractivity contribution in [3.8, 4) is 0 Å². The van der Waals surface area contributed by atoms with E-state index in [1.807, 2.05) is 39.8 Å². The minimum Gasteiger partial charge on any atom is -0.335 e. The number of hydrogen-bond donors (Lipinski definition) is 0. The third-order valence-corrected chi connectivity index (χ3v) is 10.3. The molecule has 0 unspecified atom stereocenters. The lowest BCUT2D eigenvalue weighted by Gasteiger charge is -2.34. The fourth-order valence-corrected chi connectivity index (χ4v) is 7.90. The van der Waals surface area contributed by atoms with Crippen LogP contribution in [0.25, 0.3) is 10.1 Å². The van der Waals surface area contributed by atoms with E-state index in [1.165, 1.54) is 15.6 Å². The van der Waals surface area contributed by atoms with Gasteiger partial charge in [0.25, 0.3) is 5.91 Å². The van der Waals surface area contributed by atoms with Crippen LogP contribution in [0.2, 0.25) is 10.0 Å². The Bertz CT molecular complexity index is 1320. The van der Waals surface area contributed by atoms with Gasteiger partial charge in [0, 0.05) is 41.3 Å². The van der Waals surface area contributed by atoms with Gasteiger partial charge in [-0.25, -0.2) is 8.42 Å². The maximum absolute atomic E-state index is 13.5. The molecule has 32 heavy (non-hydrogen) atoms. The molecule has 0 saturated carbocycles. The largest absolute Gasteiger partial charge is 0.335 e. The average molecular weight is 511 g/mol. The molecule has 0 bridgehead atoms. The smallest absolute Gasteiger partial charge is 0.265 e. The van der Waals surface area contributed by atoms with Gasteiger partial charge >= 0.3 is 0 Å². The average Bonchev–Trinajstić information content (AvgIpc) is 3.07. The number of sulfonamides is 1. The second-order valence-electron chi connectivity index (χ2n) is 8.17. The van der Waals surface area contributed by atoms with E-state index in [4.69, 9.17) is 23.2 Å². The van der Waals surface area contributed by atoms with Crippen molar-refractivity contribution in [2.75, 3.05) is 26.2 Å². The van der Waals surface area contributed by atoms with E-state index in [-0.39, 0.29) is 19.0 Å². The fourth-order valence-electron chi connectivity index (χ4n) is 4.15. The van der Waals surface area contributed by atoms with Crippen molar-refractivity contribution >= 4 is 60.6 Å². The van der Waals surface area contributed by atoms with Crippen LogP contribution in [0.15, 0.2) is 29.2 Å². The van der Waals surface area contributed by atoms with E-state index in [0.29, 0.717) is 32.9 Å². The van der Waals surface area contributed by atoms with Gasteiger partial charge in [-0.15, -0.1) is 11.3 Å². The first-order chi connectivity index (χ1) is 15.0. The van der Waals surface area contributed by atoms with Gasteiger partial charge in [-0.2, -0.15) is 4.31 Å². The van der Waals surface area contributed by atoms with Crippen LogP contribution in [-0.2, 0) is 10.0 Å². The Morgan fingerprint density at radius 1 is 0.938 bits per heavy atom. The number of thiophene rings is 1. The summed E-state index contributed by atoms with van der Waals surface area (Å²) in [6.45, 7) is 8.67. The Hall–Kier alpha value is -1.64. The quantitative estimate of drug-likeness (QED) is 0.461. The van der Waals surface area contributed by atoms with Crippen LogP contribution < -0.4 is 0 Å². The van der Waals surface area contributed by atoms with Gasteiger partial charge in [0.1, 0.15) is 4.88 Å². The molecule has 1 aliphatic heterocycles. The Morgan fingerprint density at radius 3 is 2.12 bits per heavy atom. The lowest BCUT2D eigenvalue weighted by Crippen LogP contribution is -2.50. The highest BCUT2D eigenvalue weighted by Gasteiger charge is 2.34. The van der Waals surface area contributed by atoms with Crippen LogP contribution >= 0.6 is 34.5 Å². The molecule has 9 heteroatoms. The molecule has 0 N–H and O–H groups in total. The van der Waals surface area contributed by atoms with E-state index >= 15 is 0 Å². The van der Waals surface area contributed by atoms with Gasteiger partial charge in [-0.1, -0.05) is 35.3 Å². The first-order valence-electron chi connectivity index (χ1n) is 10.3. The molecule has 3 aromatic rings. The zero-order valence-corrected chi connectivity index (χ0v) is 21.5. The summed E-state index contributed by atoms with van der Waals surface area (Å²) < 4.78 is 29.3. The van der Waals surface area contributed by atoms with E-state index in [0.717, 1.165) is 32.3 Å². The molecular weight excluding hydrogens is 487 g/mol. The topological polar surface area (TPSA) is 57.7 Å². The zero-order chi connectivity index (χ0) is 23.4. The molecule has 1 aliphatic rings. The van der Waals surface area contributed by atoms with Gasteiger partial charge in [0.2, 0.25) is 10.0 Å². The summed E-state index contributed by atoms with van der Waals surface area (Å²) in [5.74, 6) is -0.178. The summed E-state index contributed by atoms with van der Waals surface area (Å²) in [6.07, 6.45) is 0. The van der Waals surface area contributed by atoms with Gasteiger partial charge in [0.15, 0.2) is 0 Å². The molecule has 1 amide bonds. The van der Waals surface area contributed by atoms with E-state index < -0.39 is 10.0 Å². The SMILES string of the molecule is Cc1cc(C)c(C)c(S(=O)(=O)N2CCN(C(=O)c3sc4cc(Cl)ccc4c3Cl)CC2)c1C.